The molecule has 4 atom stereocenters. The number of fused-ring (bicyclic) bond motifs is 1. The molecule has 0 amide bonds. The maximum atomic E-state index is 10.7. The smallest absolute Gasteiger partial charge is 0.126 e. The third-order valence-electron chi connectivity index (χ3n) is 6.38. The maximum Gasteiger partial charge on any atom is 0.126 e. The fourth-order valence-corrected chi connectivity index (χ4v) is 4.90. The molecule has 5 nitrogen and oxygen atoms in total. The minimum atomic E-state index is -0.150. The topological polar surface area (TPSA) is 43.1 Å². The zero-order chi connectivity index (χ0) is 17.2. The van der Waals surface area contributed by atoms with Gasteiger partial charge in [-0.15, -0.1) is 0 Å². The van der Waals surface area contributed by atoms with Gasteiger partial charge in [0.1, 0.15) is 5.76 Å². The molecule has 25 heavy (non-hydrogen) atoms. The van der Waals surface area contributed by atoms with E-state index in [0.29, 0.717) is 12.0 Å². The average molecular weight is 345 g/mol. The molecule has 2 aliphatic heterocycles. The molecule has 0 spiro atoms. The molecule has 1 aliphatic carbocycles. The Morgan fingerprint density at radius 1 is 1.16 bits per heavy atom. The number of hydrogen-bond acceptors (Lipinski definition) is 5. The molecular formula is C20H31N3O2. The van der Waals surface area contributed by atoms with Crippen LogP contribution in [0.4, 0.5) is 0 Å². The Morgan fingerprint density at radius 3 is 2.64 bits per heavy atom. The molecule has 3 heterocycles. The van der Waals surface area contributed by atoms with Crippen molar-refractivity contribution in [2.45, 2.75) is 25.0 Å². The van der Waals surface area contributed by atoms with Gasteiger partial charge in [-0.25, -0.2) is 0 Å². The van der Waals surface area contributed by atoms with Gasteiger partial charge in [0.2, 0.25) is 0 Å². The number of aliphatic hydroxyl groups is 1. The first-order valence-corrected chi connectivity index (χ1v) is 9.72. The van der Waals surface area contributed by atoms with Gasteiger partial charge in [-0.05, 0) is 49.9 Å². The number of likely N-dealkylation sites (tertiary alicyclic amines) is 1. The van der Waals surface area contributed by atoms with E-state index < -0.39 is 0 Å². The summed E-state index contributed by atoms with van der Waals surface area (Å²) in [5.74, 6) is 2.32. The van der Waals surface area contributed by atoms with E-state index in [1.165, 1.54) is 6.54 Å². The molecule has 138 valence electrons. The average Bonchev–Trinajstić information content (AvgIpc) is 3.24. The summed E-state index contributed by atoms with van der Waals surface area (Å²) in [6.45, 7) is 7.73. The van der Waals surface area contributed by atoms with Gasteiger partial charge in [0.15, 0.2) is 0 Å². The first-order valence-electron chi connectivity index (χ1n) is 9.72. The number of nitrogens with zero attached hydrogens (tertiary/aromatic N) is 3. The SMILES string of the molecule is CN1CCN([C@@H]2C[C@@H]3CN(C/C=C/c4ccco4)C[C@@H]3C[C@H]2O)CC1. The number of hydrogen-bond donors (Lipinski definition) is 1. The van der Waals surface area contributed by atoms with Gasteiger partial charge in [-0.3, -0.25) is 9.80 Å². The summed E-state index contributed by atoms with van der Waals surface area (Å²) < 4.78 is 5.35. The molecule has 0 bridgehead atoms. The lowest BCUT2D eigenvalue weighted by molar-refractivity contribution is -0.0249. The van der Waals surface area contributed by atoms with Crippen molar-refractivity contribution in [2.75, 3.05) is 52.9 Å². The van der Waals surface area contributed by atoms with Crippen molar-refractivity contribution in [3.05, 3.63) is 30.2 Å². The van der Waals surface area contributed by atoms with E-state index in [1.54, 1.807) is 6.26 Å². The highest BCUT2D eigenvalue weighted by molar-refractivity contribution is 5.42. The lowest BCUT2D eigenvalue weighted by atomic mass is 9.77. The fraction of sp³-hybridized carbons (Fsp3) is 0.700. The molecule has 3 fully saturated rings. The lowest BCUT2D eigenvalue weighted by Crippen LogP contribution is -2.55. The van der Waals surface area contributed by atoms with Crippen molar-refractivity contribution < 1.29 is 9.52 Å². The molecule has 3 aliphatic rings. The molecule has 1 saturated carbocycles. The molecule has 4 rings (SSSR count). The summed E-state index contributed by atoms with van der Waals surface area (Å²) in [6.07, 6.45) is 7.95. The van der Waals surface area contributed by atoms with Gasteiger partial charge in [-0.1, -0.05) is 6.08 Å². The summed E-state index contributed by atoms with van der Waals surface area (Å²) >= 11 is 0. The van der Waals surface area contributed by atoms with E-state index in [-0.39, 0.29) is 6.10 Å². The van der Waals surface area contributed by atoms with E-state index in [4.69, 9.17) is 4.42 Å². The predicted molar refractivity (Wildman–Crippen MR) is 99.3 cm³/mol. The molecule has 1 N–H and O–H groups in total. The minimum Gasteiger partial charge on any atom is -0.465 e. The van der Waals surface area contributed by atoms with Crippen LogP contribution >= 0.6 is 0 Å². The van der Waals surface area contributed by atoms with Crippen LogP contribution in [0.1, 0.15) is 18.6 Å². The molecule has 2 saturated heterocycles. The molecular weight excluding hydrogens is 314 g/mol. The van der Waals surface area contributed by atoms with Crippen LogP contribution in [0.2, 0.25) is 0 Å². The van der Waals surface area contributed by atoms with Gasteiger partial charge in [-0.2, -0.15) is 0 Å². The first kappa shape index (κ1) is 17.3. The number of rotatable bonds is 4. The van der Waals surface area contributed by atoms with Crippen molar-refractivity contribution in [2.24, 2.45) is 11.8 Å². The van der Waals surface area contributed by atoms with E-state index in [0.717, 1.165) is 63.8 Å². The van der Waals surface area contributed by atoms with Crippen LogP contribution in [0.25, 0.3) is 6.08 Å². The second-order valence-electron chi connectivity index (χ2n) is 8.10. The van der Waals surface area contributed by atoms with E-state index in [9.17, 15) is 5.11 Å². The normalized spacial score (nSPS) is 35.4. The van der Waals surface area contributed by atoms with Crippen molar-refractivity contribution in [3.63, 3.8) is 0 Å². The van der Waals surface area contributed by atoms with E-state index in [2.05, 4.69) is 33.9 Å². The second kappa shape index (κ2) is 7.62. The number of likely N-dealkylation sites (N-methyl/N-ethyl adjacent to an activating group) is 1. The molecule has 0 radical (unpaired) electrons. The van der Waals surface area contributed by atoms with Crippen molar-refractivity contribution in [1.29, 1.82) is 0 Å². The number of furan rings is 1. The molecule has 0 unspecified atom stereocenters. The van der Waals surface area contributed by atoms with Gasteiger partial charge in [0, 0.05) is 51.9 Å². The second-order valence-corrected chi connectivity index (χ2v) is 8.10. The standard InChI is InChI=1S/C20H31N3O2/c1-21-7-9-23(10-8-21)19-12-16-14-22(15-17(16)13-20(19)24)6-2-4-18-5-3-11-25-18/h2-5,11,16-17,19-20,24H,6-10,12-15H2,1H3/b4-2+/t16-,17+,19-,20-/m1/s1. The van der Waals surface area contributed by atoms with E-state index in [1.807, 2.05) is 12.1 Å². The number of aliphatic hydroxyl groups excluding tert-OH is 1. The van der Waals surface area contributed by atoms with Crippen LogP contribution in [0.5, 0.6) is 0 Å². The minimum absolute atomic E-state index is 0.150. The van der Waals surface area contributed by atoms with Gasteiger partial charge in [0.05, 0.1) is 12.4 Å². The maximum absolute atomic E-state index is 10.7. The molecule has 1 aromatic rings. The summed E-state index contributed by atoms with van der Waals surface area (Å²) in [4.78, 5) is 7.46. The Kier molecular flexibility index (Phi) is 5.27. The van der Waals surface area contributed by atoms with Crippen LogP contribution in [-0.4, -0.2) is 84.8 Å². The molecule has 0 aromatic carbocycles. The Balaban J connectivity index is 1.30. The fourth-order valence-electron chi connectivity index (χ4n) is 4.90. The molecule has 1 aromatic heterocycles. The molecule has 5 heteroatoms. The van der Waals surface area contributed by atoms with Gasteiger partial charge < -0.3 is 14.4 Å². The number of piperazine rings is 1. The summed E-state index contributed by atoms with van der Waals surface area (Å²) in [7, 11) is 2.19. The third-order valence-corrected chi connectivity index (χ3v) is 6.38. The van der Waals surface area contributed by atoms with Gasteiger partial charge >= 0.3 is 0 Å². The van der Waals surface area contributed by atoms with Crippen molar-refractivity contribution in [1.82, 2.24) is 14.7 Å². The van der Waals surface area contributed by atoms with Crippen LogP contribution < -0.4 is 0 Å². The van der Waals surface area contributed by atoms with Gasteiger partial charge in [0.25, 0.3) is 0 Å². The van der Waals surface area contributed by atoms with Crippen LogP contribution in [0.3, 0.4) is 0 Å². The Labute approximate surface area is 150 Å². The quantitative estimate of drug-likeness (QED) is 0.898. The highest BCUT2D eigenvalue weighted by Crippen LogP contribution is 2.38. The van der Waals surface area contributed by atoms with E-state index >= 15 is 0 Å². The zero-order valence-corrected chi connectivity index (χ0v) is 15.3. The van der Waals surface area contributed by atoms with Crippen molar-refractivity contribution in [3.8, 4) is 0 Å². The lowest BCUT2D eigenvalue weighted by Gasteiger charge is -2.44. The summed E-state index contributed by atoms with van der Waals surface area (Å²) in [5, 5.41) is 10.7. The largest absolute Gasteiger partial charge is 0.465 e. The zero-order valence-electron chi connectivity index (χ0n) is 15.3. The van der Waals surface area contributed by atoms with Crippen LogP contribution in [0.15, 0.2) is 28.9 Å². The predicted octanol–water partition coefficient (Wildman–Crippen LogP) is 1.61. The van der Waals surface area contributed by atoms with Crippen LogP contribution in [-0.2, 0) is 0 Å². The first-order chi connectivity index (χ1) is 12.2. The highest BCUT2D eigenvalue weighted by Gasteiger charge is 2.43. The third kappa shape index (κ3) is 4.00. The Hall–Kier alpha value is -1.14. The Morgan fingerprint density at radius 2 is 1.92 bits per heavy atom. The highest BCUT2D eigenvalue weighted by atomic mass is 16.3. The monoisotopic (exact) mass is 345 g/mol. The Bertz CT molecular complexity index is 566. The summed E-state index contributed by atoms with van der Waals surface area (Å²) in [6, 6.07) is 4.27. The van der Waals surface area contributed by atoms with Crippen molar-refractivity contribution >= 4 is 6.08 Å². The van der Waals surface area contributed by atoms with Crippen LogP contribution in [0, 0.1) is 11.8 Å². The summed E-state index contributed by atoms with van der Waals surface area (Å²) in [5.41, 5.74) is 0.